The van der Waals surface area contributed by atoms with Gasteiger partial charge in [0.1, 0.15) is 0 Å². The highest BCUT2D eigenvalue weighted by atomic mass is 16.7. The second-order valence-corrected chi connectivity index (χ2v) is 6.40. The van der Waals surface area contributed by atoms with Gasteiger partial charge in [-0.1, -0.05) is 12.1 Å². The summed E-state index contributed by atoms with van der Waals surface area (Å²) in [6.07, 6.45) is -0.906. The molecule has 8 heteroatoms. The number of ether oxygens (including phenoxy) is 5. The van der Waals surface area contributed by atoms with E-state index in [1.165, 1.54) is 21.1 Å². The molecule has 0 radical (unpaired) electrons. The molecule has 0 bridgehead atoms. The van der Waals surface area contributed by atoms with Gasteiger partial charge in [0.05, 0.1) is 20.6 Å². The molecule has 1 N–H and O–H groups in total. The Morgan fingerprint density at radius 1 is 1.00 bits per heavy atom. The Bertz CT molecular complexity index is 897. The molecular formula is C21H23NO7. The molecule has 1 aliphatic heterocycles. The lowest BCUT2D eigenvalue weighted by molar-refractivity contribution is -0.154. The minimum absolute atomic E-state index is 0.0140. The largest absolute Gasteiger partial charge is 0.493 e. The number of carbonyl (C=O) groups is 2. The van der Waals surface area contributed by atoms with Crippen molar-refractivity contribution >= 4 is 11.9 Å². The van der Waals surface area contributed by atoms with Crippen molar-refractivity contribution in [1.29, 1.82) is 0 Å². The third-order valence-electron chi connectivity index (χ3n) is 4.38. The second kappa shape index (κ2) is 9.18. The molecule has 0 aromatic heterocycles. The van der Waals surface area contributed by atoms with Crippen LogP contribution in [0, 0.1) is 0 Å². The smallest absolute Gasteiger partial charge is 0.311 e. The SMILES string of the molecule is COc1ccc(CC(=O)O[C@H](C)C(=O)NCc2ccc3c(c2)OCO3)cc1OC. The van der Waals surface area contributed by atoms with Gasteiger partial charge in [0.15, 0.2) is 29.1 Å². The highest BCUT2D eigenvalue weighted by Crippen LogP contribution is 2.32. The standard InChI is InChI=1S/C21H23NO7/c1-13(21(24)22-11-15-5-7-17-19(9-15)28-12-27-17)29-20(23)10-14-4-6-16(25-2)18(8-14)26-3/h4-9,13H,10-12H2,1-3H3,(H,22,24)/t13-/m1/s1. The molecule has 0 saturated carbocycles. The van der Waals surface area contributed by atoms with Crippen LogP contribution in [0.3, 0.4) is 0 Å². The van der Waals surface area contributed by atoms with Gasteiger partial charge in [-0.05, 0) is 42.3 Å². The van der Waals surface area contributed by atoms with E-state index in [9.17, 15) is 9.59 Å². The Morgan fingerprint density at radius 3 is 2.48 bits per heavy atom. The van der Waals surface area contributed by atoms with Crippen LogP contribution >= 0.6 is 0 Å². The number of nitrogens with one attached hydrogen (secondary N) is 1. The van der Waals surface area contributed by atoms with Crippen LogP contribution in [0.2, 0.25) is 0 Å². The quantitative estimate of drug-likeness (QED) is 0.678. The molecule has 29 heavy (non-hydrogen) atoms. The normalized spacial score (nSPS) is 12.8. The van der Waals surface area contributed by atoms with Gasteiger partial charge >= 0.3 is 5.97 Å². The van der Waals surface area contributed by atoms with E-state index in [2.05, 4.69) is 5.32 Å². The second-order valence-electron chi connectivity index (χ2n) is 6.40. The minimum atomic E-state index is -0.920. The van der Waals surface area contributed by atoms with Crippen LogP contribution in [0.5, 0.6) is 23.0 Å². The number of carbonyl (C=O) groups excluding carboxylic acids is 2. The van der Waals surface area contributed by atoms with Crippen LogP contribution in [0.15, 0.2) is 36.4 Å². The van der Waals surface area contributed by atoms with E-state index in [0.717, 1.165) is 5.56 Å². The van der Waals surface area contributed by atoms with Crippen molar-refractivity contribution in [2.45, 2.75) is 26.0 Å². The van der Waals surface area contributed by atoms with Crippen LogP contribution in [-0.4, -0.2) is 39.0 Å². The number of rotatable bonds is 8. The maximum Gasteiger partial charge on any atom is 0.311 e. The van der Waals surface area contributed by atoms with Crippen LogP contribution in [0.1, 0.15) is 18.1 Å². The third kappa shape index (κ3) is 5.10. The van der Waals surface area contributed by atoms with E-state index in [4.69, 9.17) is 23.7 Å². The fraction of sp³-hybridized carbons (Fsp3) is 0.333. The maximum atomic E-state index is 12.2. The first-order valence-electron chi connectivity index (χ1n) is 9.06. The molecule has 2 aromatic rings. The molecule has 2 aromatic carbocycles. The molecule has 1 heterocycles. The lowest BCUT2D eigenvalue weighted by Gasteiger charge is -2.14. The van der Waals surface area contributed by atoms with Gasteiger partial charge < -0.3 is 29.0 Å². The van der Waals surface area contributed by atoms with Crippen LogP contribution in [0.4, 0.5) is 0 Å². The summed E-state index contributed by atoms with van der Waals surface area (Å²) in [5.41, 5.74) is 1.55. The monoisotopic (exact) mass is 401 g/mol. The fourth-order valence-corrected chi connectivity index (χ4v) is 2.83. The Morgan fingerprint density at radius 2 is 1.72 bits per heavy atom. The predicted molar refractivity (Wildman–Crippen MR) is 103 cm³/mol. The third-order valence-corrected chi connectivity index (χ3v) is 4.38. The van der Waals surface area contributed by atoms with Crippen molar-refractivity contribution in [3.05, 3.63) is 47.5 Å². The average molecular weight is 401 g/mol. The molecule has 8 nitrogen and oxygen atoms in total. The molecule has 0 spiro atoms. The zero-order chi connectivity index (χ0) is 20.8. The van der Waals surface area contributed by atoms with Crippen molar-refractivity contribution < 1.29 is 33.3 Å². The van der Waals surface area contributed by atoms with E-state index in [1.54, 1.807) is 30.3 Å². The first-order chi connectivity index (χ1) is 14.0. The molecule has 1 aliphatic rings. The number of methoxy groups -OCH3 is 2. The molecule has 0 fully saturated rings. The molecule has 0 aliphatic carbocycles. The Labute approximate surface area is 168 Å². The van der Waals surface area contributed by atoms with Gasteiger partial charge in [-0.3, -0.25) is 9.59 Å². The zero-order valence-electron chi connectivity index (χ0n) is 16.5. The minimum Gasteiger partial charge on any atom is -0.493 e. The van der Waals surface area contributed by atoms with Gasteiger partial charge in [0.25, 0.3) is 5.91 Å². The Kier molecular flexibility index (Phi) is 6.43. The number of esters is 1. The Hall–Kier alpha value is -3.42. The number of fused-ring (bicyclic) bond motifs is 1. The summed E-state index contributed by atoms with van der Waals surface area (Å²) in [7, 11) is 3.06. The van der Waals surface area contributed by atoms with Crippen molar-refractivity contribution in [2.24, 2.45) is 0 Å². The summed E-state index contributed by atoms with van der Waals surface area (Å²) in [5.74, 6) is 1.52. The molecule has 154 valence electrons. The number of hydrogen-bond donors (Lipinski definition) is 1. The van der Waals surface area contributed by atoms with Crippen LogP contribution in [0.25, 0.3) is 0 Å². The van der Waals surface area contributed by atoms with Gasteiger partial charge in [-0.25, -0.2) is 0 Å². The van der Waals surface area contributed by atoms with Gasteiger partial charge in [0, 0.05) is 6.54 Å². The molecule has 1 amide bonds. The van der Waals surface area contributed by atoms with Crippen LogP contribution < -0.4 is 24.3 Å². The highest BCUT2D eigenvalue weighted by molar-refractivity contribution is 5.84. The van der Waals surface area contributed by atoms with Crippen molar-refractivity contribution in [3.8, 4) is 23.0 Å². The summed E-state index contributed by atoms with van der Waals surface area (Å²) in [6.45, 7) is 2.01. The number of amides is 1. The highest BCUT2D eigenvalue weighted by Gasteiger charge is 2.19. The zero-order valence-corrected chi connectivity index (χ0v) is 16.5. The summed E-state index contributed by atoms with van der Waals surface area (Å²) in [6, 6.07) is 10.6. The lowest BCUT2D eigenvalue weighted by Crippen LogP contribution is -2.35. The number of benzene rings is 2. The molecule has 0 saturated heterocycles. The molecule has 1 atom stereocenters. The first kappa shape index (κ1) is 20.3. The molecular weight excluding hydrogens is 378 g/mol. The average Bonchev–Trinajstić information content (AvgIpc) is 3.19. The van der Waals surface area contributed by atoms with Crippen LogP contribution in [-0.2, 0) is 27.3 Å². The fourth-order valence-electron chi connectivity index (χ4n) is 2.83. The van der Waals surface area contributed by atoms with Gasteiger partial charge in [0.2, 0.25) is 6.79 Å². The lowest BCUT2D eigenvalue weighted by atomic mass is 10.1. The predicted octanol–water partition coefficient (Wildman–Crippen LogP) is 2.22. The summed E-state index contributed by atoms with van der Waals surface area (Å²) >= 11 is 0. The van der Waals surface area contributed by atoms with Gasteiger partial charge in [-0.15, -0.1) is 0 Å². The molecule has 3 rings (SSSR count). The number of hydrogen-bond acceptors (Lipinski definition) is 7. The first-order valence-corrected chi connectivity index (χ1v) is 9.06. The van der Waals surface area contributed by atoms with E-state index in [-0.39, 0.29) is 25.7 Å². The maximum absolute atomic E-state index is 12.2. The van der Waals surface area contributed by atoms with E-state index >= 15 is 0 Å². The Balaban J connectivity index is 1.49. The van der Waals surface area contributed by atoms with Gasteiger partial charge in [-0.2, -0.15) is 0 Å². The van der Waals surface area contributed by atoms with E-state index in [0.29, 0.717) is 28.6 Å². The summed E-state index contributed by atoms with van der Waals surface area (Å²) in [4.78, 5) is 24.4. The van der Waals surface area contributed by atoms with E-state index in [1.807, 2.05) is 6.07 Å². The van der Waals surface area contributed by atoms with Crippen molar-refractivity contribution in [2.75, 3.05) is 21.0 Å². The summed E-state index contributed by atoms with van der Waals surface area (Å²) in [5, 5.41) is 2.74. The van der Waals surface area contributed by atoms with Crippen molar-refractivity contribution in [3.63, 3.8) is 0 Å². The van der Waals surface area contributed by atoms with Crippen molar-refractivity contribution in [1.82, 2.24) is 5.32 Å². The summed E-state index contributed by atoms with van der Waals surface area (Å²) < 4.78 is 26.2. The van der Waals surface area contributed by atoms with E-state index < -0.39 is 12.1 Å². The molecule has 0 unspecified atom stereocenters. The topological polar surface area (TPSA) is 92.3 Å².